The summed E-state index contributed by atoms with van der Waals surface area (Å²) in [6.07, 6.45) is 0.218. The van der Waals surface area contributed by atoms with Gasteiger partial charge in [-0.3, -0.25) is 4.79 Å². The molecule has 1 aliphatic rings. The molecule has 1 amide bonds. The fourth-order valence-electron chi connectivity index (χ4n) is 2.29. The van der Waals surface area contributed by atoms with Crippen molar-refractivity contribution in [3.05, 3.63) is 21.9 Å². The van der Waals surface area contributed by atoms with Crippen LogP contribution in [0.4, 0.5) is 0 Å². The molecule has 0 bridgehead atoms. The van der Waals surface area contributed by atoms with Crippen LogP contribution in [0.5, 0.6) is 0 Å². The Morgan fingerprint density at radius 1 is 1.43 bits per heavy atom. The number of methoxy groups -OCH3 is 2. The Balaban J connectivity index is 2.11. The molecule has 21 heavy (non-hydrogen) atoms. The van der Waals surface area contributed by atoms with Gasteiger partial charge in [0.1, 0.15) is 17.1 Å². The van der Waals surface area contributed by atoms with Crippen molar-refractivity contribution in [2.75, 3.05) is 33.9 Å². The summed E-state index contributed by atoms with van der Waals surface area (Å²) in [5.74, 6) is 5.75. The highest BCUT2D eigenvalue weighted by Gasteiger charge is 2.36. The van der Waals surface area contributed by atoms with Crippen molar-refractivity contribution in [1.29, 1.82) is 0 Å². The Kier molecular flexibility index (Phi) is 5.76. The third-order valence-corrected chi connectivity index (χ3v) is 4.33. The Bertz CT molecular complexity index is 533. The molecule has 2 rings (SSSR count). The predicted molar refractivity (Wildman–Crippen MR) is 80.4 cm³/mol. The SMILES string of the molecule is COC1CN(C(=O)c2sccc2C#CCCO)CC1OC. The molecular formula is C15H19NO4S. The summed E-state index contributed by atoms with van der Waals surface area (Å²) in [5.41, 5.74) is 0.716. The fourth-order valence-corrected chi connectivity index (χ4v) is 3.11. The zero-order chi connectivity index (χ0) is 15.2. The van der Waals surface area contributed by atoms with Gasteiger partial charge in [-0.2, -0.15) is 0 Å². The Morgan fingerprint density at radius 3 is 2.67 bits per heavy atom. The van der Waals surface area contributed by atoms with Gasteiger partial charge in [-0.1, -0.05) is 11.8 Å². The van der Waals surface area contributed by atoms with Crippen LogP contribution < -0.4 is 0 Å². The topological polar surface area (TPSA) is 59.0 Å². The van der Waals surface area contributed by atoms with E-state index in [1.807, 2.05) is 11.4 Å². The van der Waals surface area contributed by atoms with Crippen LogP contribution in [0.2, 0.25) is 0 Å². The molecular weight excluding hydrogens is 290 g/mol. The maximum absolute atomic E-state index is 12.6. The minimum Gasteiger partial charge on any atom is -0.395 e. The highest BCUT2D eigenvalue weighted by molar-refractivity contribution is 7.12. The molecule has 0 aromatic carbocycles. The normalized spacial score (nSPS) is 21.2. The summed E-state index contributed by atoms with van der Waals surface area (Å²) in [6, 6.07) is 1.83. The monoisotopic (exact) mass is 309 g/mol. The minimum atomic E-state index is -0.0946. The maximum Gasteiger partial charge on any atom is 0.265 e. The summed E-state index contributed by atoms with van der Waals surface area (Å²) in [5, 5.41) is 10.6. The highest BCUT2D eigenvalue weighted by Crippen LogP contribution is 2.23. The van der Waals surface area contributed by atoms with Crippen LogP contribution in [0.3, 0.4) is 0 Å². The van der Waals surface area contributed by atoms with Gasteiger partial charge in [0.2, 0.25) is 0 Å². The van der Waals surface area contributed by atoms with Crippen LogP contribution in [0, 0.1) is 11.8 Å². The van der Waals surface area contributed by atoms with E-state index in [-0.39, 0.29) is 24.7 Å². The molecule has 0 spiro atoms. The van der Waals surface area contributed by atoms with Crippen molar-refractivity contribution in [1.82, 2.24) is 4.90 Å². The van der Waals surface area contributed by atoms with E-state index < -0.39 is 0 Å². The number of likely N-dealkylation sites (tertiary alicyclic amines) is 1. The van der Waals surface area contributed by atoms with Crippen LogP contribution in [0.15, 0.2) is 11.4 Å². The van der Waals surface area contributed by atoms with Crippen molar-refractivity contribution in [2.24, 2.45) is 0 Å². The van der Waals surface area contributed by atoms with Gasteiger partial charge in [0.25, 0.3) is 5.91 Å². The Morgan fingerprint density at radius 2 is 2.10 bits per heavy atom. The molecule has 0 radical (unpaired) electrons. The van der Waals surface area contributed by atoms with Gasteiger partial charge in [-0.15, -0.1) is 11.3 Å². The smallest absolute Gasteiger partial charge is 0.265 e. The largest absolute Gasteiger partial charge is 0.395 e. The van der Waals surface area contributed by atoms with Crippen LogP contribution in [-0.4, -0.2) is 62.0 Å². The Labute approximate surface area is 128 Å². The van der Waals surface area contributed by atoms with Gasteiger partial charge in [0.05, 0.1) is 6.61 Å². The van der Waals surface area contributed by atoms with Crippen molar-refractivity contribution in [3.63, 3.8) is 0 Å². The molecule has 5 nitrogen and oxygen atoms in total. The number of nitrogens with zero attached hydrogens (tertiary/aromatic N) is 1. The molecule has 1 aliphatic heterocycles. The first-order valence-corrected chi connectivity index (χ1v) is 7.61. The highest BCUT2D eigenvalue weighted by atomic mass is 32.1. The number of rotatable bonds is 4. The van der Waals surface area contributed by atoms with E-state index in [0.717, 1.165) is 0 Å². The average Bonchev–Trinajstić information content (AvgIpc) is 3.13. The lowest BCUT2D eigenvalue weighted by atomic mass is 10.2. The number of hydrogen-bond donors (Lipinski definition) is 1. The zero-order valence-corrected chi connectivity index (χ0v) is 13.0. The number of carbonyl (C=O) groups is 1. The van der Waals surface area contributed by atoms with E-state index >= 15 is 0 Å². The summed E-state index contributed by atoms with van der Waals surface area (Å²) >= 11 is 1.38. The lowest BCUT2D eigenvalue weighted by molar-refractivity contribution is -0.00461. The van der Waals surface area contributed by atoms with E-state index in [1.165, 1.54) is 11.3 Å². The summed E-state index contributed by atoms with van der Waals surface area (Å²) < 4.78 is 10.7. The van der Waals surface area contributed by atoms with Gasteiger partial charge in [0, 0.05) is 39.3 Å². The molecule has 2 unspecified atom stereocenters. The lowest BCUT2D eigenvalue weighted by Crippen LogP contribution is -2.29. The Hall–Kier alpha value is -1.39. The van der Waals surface area contributed by atoms with Gasteiger partial charge in [-0.25, -0.2) is 0 Å². The van der Waals surface area contributed by atoms with Gasteiger partial charge < -0.3 is 19.5 Å². The van der Waals surface area contributed by atoms with E-state index in [9.17, 15) is 4.79 Å². The molecule has 1 aromatic heterocycles. The molecule has 1 N–H and O–H groups in total. The molecule has 1 saturated heterocycles. The lowest BCUT2D eigenvalue weighted by Gasteiger charge is -2.14. The third-order valence-electron chi connectivity index (χ3n) is 3.43. The molecule has 6 heteroatoms. The first-order chi connectivity index (χ1) is 10.2. The molecule has 0 saturated carbocycles. The molecule has 114 valence electrons. The maximum atomic E-state index is 12.6. The number of hydrogen-bond acceptors (Lipinski definition) is 5. The standard InChI is InChI=1S/C15H19NO4S/c1-19-12-9-16(10-13(12)20-2)15(18)14-11(6-8-21-14)5-3-4-7-17/h6,8,12-13,17H,4,7,9-10H2,1-2H3. The molecule has 1 aromatic rings. The summed E-state index contributed by atoms with van der Waals surface area (Å²) in [4.78, 5) is 15.0. The number of thiophene rings is 1. The van der Waals surface area contributed by atoms with Crippen LogP contribution in [-0.2, 0) is 9.47 Å². The number of ether oxygens (including phenoxy) is 2. The third kappa shape index (κ3) is 3.63. The number of carbonyl (C=O) groups excluding carboxylic acids is 1. The summed E-state index contributed by atoms with van der Waals surface area (Å²) in [6.45, 7) is 1.07. The average molecular weight is 309 g/mol. The van der Waals surface area contributed by atoms with Gasteiger partial charge in [-0.05, 0) is 11.4 Å². The van der Waals surface area contributed by atoms with E-state index in [2.05, 4.69) is 11.8 Å². The van der Waals surface area contributed by atoms with Crippen molar-refractivity contribution >= 4 is 17.2 Å². The minimum absolute atomic E-state index is 0.0254. The number of aliphatic hydroxyl groups is 1. The van der Waals surface area contributed by atoms with Crippen molar-refractivity contribution in [3.8, 4) is 11.8 Å². The van der Waals surface area contributed by atoms with Gasteiger partial charge in [0.15, 0.2) is 0 Å². The van der Waals surface area contributed by atoms with Crippen LogP contribution >= 0.6 is 11.3 Å². The van der Waals surface area contributed by atoms with Gasteiger partial charge >= 0.3 is 0 Å². The van der Waals surface area contributed by atoms with Crippen LogP contribution in [0.25, 0.3) is 0 Å². The second-order valence-electron chi connectivity index (χ2n) is 4.70. The predicted octanol–water partition coefficient (Wildman–Crippen LogP) is 0.968. The first-order valence-electron chi connectivity index (χ1n) is 6.73. The van der Waals surface area contributed by atoms with E-state index in [4.69, 9.17) is 14.6 Å². The van der Waals surface area contributed by atoms with E-state index in [0.29, 0.717) is 30.0 Å². The van der Waals surface area contributed by atoms with Crippen molar-refractivity contribution in [2.45, 2.75) is 18.6 Å². The fraction of sp³-hybridized carbons (Fsp3) is 0.533. The number of amides is 1. The summed E-state index contributed by atoms with van der Waals surface area (Å²) in [7, 11) is 3.25. The number of aliphatic hydroxyl groups excluding tert-OH is 1. The van der Waals surface area contributed by atoms with Crippen molar-refractivity contribution < 1.29 is 19.4 Å². The zero-order valence-electron chi connectivity index (χ0n) is 12.2. The molecule has 2 atom stereocenters. The van der Waals surface area contributed by atoms with Crippen LogP contribution in [0.1, 0.15) is 21.7 Å². The first kappa shape index (κ1) is 16.0. The molecule has 2 heterocycles. The molecule has 0 aliphatic carbocycles. The quantitative estimate of drug-likeness (QED) is 0.842. The van der Waals surface area contributed by atoms with E-state index in [1.54, 1.807) is 19.1 Å². The second-order valence-corrected chi connectivity index (χ2v) is 5.61. The second kappa shape index (κ2) is 7.57. The molecule has 1 fully saturated rings.